The van der Waals surface area contributed by atoms with Crippen LogP contribution in [0.3, 0.4) is 0 Å². The summed E-state index contributed by atoms with van der Waals surface area (Å²) >= 11 is 0. The molecular formula is C70H51NO. The van der Waals surface area contributed by atoms with Gasteiger partial charge in [-0.3, -0.25) is 0 Å². The van der Waals surface area contributed by atoms with E-state index in [0.29, 0.717) is 0 Å². The number of para-hydroxylation sites is 1. The Balaban J connectivity index is 1.10. The van der Waals surface area contributed by atoms with E-state index in [1.807, 2.05) is 6.92 Å². The van der Waals surface area contributed by atoms with Gasteiger partial charge in [0.2, 0.25) is 0 Å². The van der Waals surface area contributed by atoms with E-state index in [4.69, 9.17) is 4.42 Å². The molecular weight excluding hydrogens is 871 g/mol. The smallest absolute Gasteiger partial charge is 0.159 e. The van der Waals surface area contributed by atoms with Gasteiger partial charge in [-0.05, 0) is 163 Å². The minimum Gasteiger partial charge on any atom is -0.454 e. The molecule has 0 saturated heterocycles. The van der Waals surface area contributed by atoms with Crippen molar-refractivity contribution in [3.05, 3.63) is 275 Å². The van der Waals surface area contributed by atoms with Crippen LogP contribution in [0, 0.1) is 6.92 Å². The number of rotatable bonds is 7. The first-order valence-electron chi connectivity index (χ1n) is 25.3. The van der Waals surface area contributed by atoms with Gasteiger partial charge in [-0.15, -0.1) is 0 Å². The van der Waals surface area contributed by atoms with Crippen molar-refractivity contribution in [2.75, 3.05) is 4.90 Å². The predicted molar refractivity (Wildman–Crippen MR) is 301 cm³/mol. The molecule has 342 valence electrons. The van der Waals surface area contributed by atoms with Crippen LogP contribution in [0.25, 0.3) is 83.8 Å². The van der Waals surface area contributed by atoms with Gasteiger partial charge in [-0.1, -0.05) is 202 Å². The van der Waals surface area contributed by atoms with Gasteiger partial charge in [0.15, 0.2) is 5.58 Å². The minimum absolute atomic E-state index is 0.317. The zero-order valence-electron chi connectivity index (χ0n) is 40.9. The summed E-state index contributed by atoms with van der Waals surface area (Å²) in [5.41, 5.74) is 27.3. The predicted octanol–water partition coefficient (Wildman–Crippen LogP) is 18.9. The topological polar surface area (TPSA) is 16.4 Å². The lowest BCUT2D eigenvalue weighted by Crippen LogP contribution is -2.26. The number of allylic oxidation sites excluding steroid dienone is 1. The fourth-order valence-electron chi connectivity index (χ4n) is 13.1. The Hall–Kier alpha value is -8.72. The SMILES string of the molecule is C/C=C\c1oc2c(N(c3ccc(-c4ccccc4)cc3)c3cc(-c4ccccc4)cc(-c4cc5c(c6c4C(C)(C)c4ccccc4-6)-c4ccccc4C54c5ccccc5-c5ccccc54)c3)cccc2c1C. The molecule has 11 aromatic rings. The van der Waals surface area contributed by atoms with E-state index in [0.717, 1.165) is 50.5 Å². The van der Waals surface area contributed by atoms with Crippen LogP contribution < -0.4 is 4.90 Å². The second kappa shape index (κ2) is 15.9. The highest BCUT2D eigenvalue weighted by Gasteiger charge is 2.54. The number of hydrogen-bond donors (Lipinski definition) is 0. The van der Waals surface area contributed by atoms with Gasteiger partial charge in [0, 0.05) is 27.7 Å². The van der Waals surface area contributed by atoms with Gasteiger partial charge in [-0.25, -0.2) is 0 Å². The molecule has 0 atom stereocenters. The zero-order valence-corrected chi connectivity index (χ0v) is 40.9. The lowest BCUT2D eigenvalue weighted by atomic mass is 9.69. The van der Waals surface area contributed by atoms with Crippen LogP contribution in [-0.2, 0) is 10.8 Å². The summed E-state index contributed by atoms with van der Waals surface area (Å²) in [7, 11) is 0. The Morgan fingerprint density at radius 2 is 0.944 bits per heavy atom. The average Bonchev–Trinajstić information content (AvgIpc) is 4.11. The van der Waals surface area contributed by atoms with E-state index in [-0.39, 0.29) is 5.41 Å². The molecule has 2 heteroatoms. The summed E-state index contributed by atoms with van der Waals surface area (Å²) in [4.78, 5) is 2.42. The van der Waals surface area contributed by atoms with Crippen LogP contribution in [-0.4, -0.2) is 0 Å². The van der Waals surface area contributed by atoms with E-state index < -0.39 is 5.41 Å². The third kappa shape index (κ3) is 5.90. The maximum Gasteiger partial charge on any atom is 0.159 e. The van der Waals surface area contributed by atoms with Crippen molar-refractivity contribution in [2.45, 2.75) is 38.5 Å². The van der Waals surface area contributed by atoms with Crippen LogP contribution in [0.2, 0.25) is 0 Å². The number of nitrogens with zero attached hydrogens (tertiary/aromatic N) is 1. The van der Waals surface area contributed by atoms with Gasteiger partial charge in [0.05, 0.1) is 11.1 Å². The first kappa shape index (κ1) is 42.2. The number of anilines is 3. The normalized spacial score (nSPS) is 14.0. The summed E-state index contributed by atoms with van der Waals surface area (Å²) in [6, 6.07) is 83.8. The second-order valence-electron chi connectivity index (χ2n) is 20.3. The first-order valence-corrected chi connectivity index (χ1v) is 25.3. The molecule has 1 aromatic heterocycles. The highest BCUT2D eigenvalue weighted by atomic mass is 16.3. The standard InChI is InChI=1S/C70H51NO/c1-5-21-64-44(2)52-30-20-35-63(68(52)72-64)71(50-38-36-47(37-39-50)45-22-8-6-9-23-45)51-41-48(46-24-10-7-11-25-46)40-49(42-51)57-43-62-65(66-55-28-14-16-31-58(55)69(3,4)67(57)66)56-29-15-19-34-61(56)70(62)59-32-17-12-26-53(59)54-27-13-18-33-60(54)70/h5-43H,1-4H3/b21-5-. The monoisotopic (exact) mass is 921 g/mol. The molecule has 0 saturated carbocycles. The highest BCUT2D eigenvalue weighted by molar-refractivity contribution is 6.07. The van der Waals surface area contributed by atoms with Crippen LogP contribution in [0.15, 0.2) is 235 Å². The Morgan fingerprint density at radius 1 is 0.417 bits per heavy atom. The molecule has 0 aliphatic heterocycles. The fraction of sp³-hybridized carbons (Fsp3) is 0.0857. The molecule has 72 heavy (non-hydrogen) atoms. The maximum atomic E-state index is 6.90. The summed E-state index contributed by atoms with van der Waals surface area (Å²) < 4.78 is 6.90. The summed E-state index contributed by atoms with van der Waals surface area (Å²) in [6.07, 6.45) is 4.13. The largest absolute Gasteiger partial charge is 0.454 e. The molecule has 1 spiro atoms. The molecule has 3 aliphatic carbocycles. The van der Waals surface area contributed by atoms with Gasteiger partial charge in [-0.2, -0.15) is 0 Å². The van der Waals surface area contributed by atoms with Crippen molar-refractivity contribution >= 4 is 34.1 Å². The average molecular weight is 922 g/mol. The first-order chi connectivity index (χ1) is 35.4. The van der Waals surface area contributed by atoms with Crippen molar-refractivity contribution in [3.63, 3.8) is 0 Å². The van der Waals surface area contributed by atoms with Crippen molar-refractivity contribution < 1.29 is 4.42 Å². The molecule has 0 fully saturated rings. The van der Waals surface area contributed by atoms with Gasteiger partial charge < -0.3 is 9.32 Å². The lowest BCUT2D eigenvalue weighted by Gasteiger charge is -2.32. The van der Waals surface area contributed by atoms with Gasteiger partial charge in [0.25, 0.3) is 0 Å². The van der Waals surface area contributed by atoms with Crippen LogP contribution in [0.5, 0.6) is 0 Å². The highest BCUT2D eigenvalue weighted by Crippen LogP contribution is 2.67. The molecule has 0 amide bonds. The molecule has 2 nitrogen and oxygen atoms in total. The Kier molecular flexibility index (Phi) is 9.32. The molecule has 0 bridgehead atoms. The molecule has 1 heterocycles. The second-order valence-corrected chi connectivity index (χ2v) is 20.3. The van der Waals surface area contributed by atoms with Crippen molar-refractivity contribution in [1.29, 1.82) is 0 Å². The molecule has 3 aliphatic rings. The summed E-state index contributed by atoms with van der Waals surface area (Å²) in [5.74, 6) is 0.874. The van der Waals surface area contributed by atoms with E-state index in [1.54, 1.807) is 0 Å². The number of furan rings is 1. The molecule has 10 aromatic carbocycles. The quantitative estimate of drug-likeness (QED) is 0.158. The summed E-state index contributed by atoms with van der Waals surface area (Å²) in [6.45, 7) is 9.09. The Labute approximate surface area is 421 Å². The van der Waals surface area contributed by atoms with Crippen LogP contribution in [0.4, 0.5) is 17.1 Å². The fourth-order valence-corrected chi connectivity index (χ4v) is 13.1. The zero-order chi connectivity index (χ0) is 48.3. The Morgan fingerprint density at radius 3 is 1.58 bits per heavy atom. The third-order valence-electron chi connectivity index (χ3n) is 16.1. The van der Waals surface area contributed by atoms with Gasteiger partial charge >= 0.3 is 0 Å². The van der Waals surface area contributed by atoms with Crippen LogP contribution >= 0.6 is 0 Å². The van der Waals surface area contributed by atoms with E-state index in [9.17, 15) is 0 Å². The maximum absolute atomic E-state index is 6.90. The molecule has 14 rings (SSSR count). The van der Waals surface area contributed by atoms with Crippen molar-refractivity contribution in [2.24, 2.45) is 0 Å². The number of aryl methyl sites for hydroxylation is 1. The minimum atomic E-state index is -0.519. The number of fused-ring (bicyclic) bond motifs is 15. The number of hydrogen-bond acceptors (Lipinski definition) is 2. The van der Waals surface area contributed by atoms with Gasteiger partial charge in [0.1, 0.15) is 5.76 Å². The third-order valence-corrected chi connectivity index (χ3v) is 16.1. The molecule has 0 unspecified atom stereocenters. The van der Waals surface area contributed by atoms with Crippen LogP contribution in [0.1, 0.15) is 65.5 Å². The van der Waals surface area contributed by atoms with E-state index in [1.165, 1.54) is 89.0 Å². The Bertz CT molecular complexity index is 3970. The van der Waals surface area contributed by atoms with Crippen molar-refractivity contribution in [1.82, 2.24) is 0 Å². The van der Waals surface area contributed by atoms with Crippen molar-refractivity contribution in [3.8, 4) is 66.8 Å². The van der Waals surface area contributed by atoms with E-state index in [2.05, 4.69) is 262 Å². The molecule has 0 N–H and O–H groups in total. The summed E-state index contributed by atoms with van der Waals surface area (Å²) in [5, 5.41) is 1.10. The number of benzene rings is 10. The molecule has 0 radical (unpaired) electrons. The lowest BCUT2D eigenvalue weighted by molar-refractivity contribution is 0.601. The van der Waals surface area contributed by atoms with E-state index >= 15 is 0 Å².